The predicted octanol–water partition coefficient (Wildman–Crippen LogP) is 6.16. The first-order valence-electron chi connectivity index (χ1n) is 9.38. The van der Waals surface area contributed by atoms with E-state index in [0.29, 0.717) is 12.2 Å². The number of carboxylic acids is 2. The van der Waals surface area contributed by atoms with Crippen LogP contribution < -0.4 is 0 Å². The first kappa shape index (κ1) is 27.5. The molecule has 2 atom stereocenters. The Morgan fingerprint density at radius 1 is 0.750 bits per heavy atom. The van der Waals surface area contributed by atoms with Crippen LogP contribution in [-0.4, -0.2) is 22.2 Å². The quantitative estimate of drug-likeness (QED) is 0.465. The van der Waals surface area contributed by atoms with Crippen LogP contribution in [0.3, 0.4) is 0 Å². The van der Waals surface area contributed by atoms with Crippen LogP contribution in [0.5, 0.6) is 0 Å². The minimum absolute atomic E-state index is 0.558. The van der Waals surface area contributed by atoms with Crippen LogP contribution >= 0.6 is 0 Å². The number of rotatable bonds is 10. The van der Waals surface area contributed by atoms with Crippen molar-refractivity contribution in [3.8, 4) is 0 Å². The van der Waals surface area contributed by atoms with Crippen molar-refractivity contribution in [3.05, 3.63) is 12.2 Å². The smallest absolute Gasteiger partial charge is 0.328 e. The molecule has 0 amide bonds. The van der Waals surface area contributed by atoms with Gasteiger partial charge in [-0.2, -0.15) is 0 Å². The molecule has 0 fully saturated rings. The molecular formula is C20H40O4. The standard InChI is InChI=1S/2C8H18.C4H4O4/c2*1-4-6-7-8(3)5-2;5-3(6)1-2-4(7)8/h2*8H,4-7H2,1-3H3;1-2H,(H,5,6)(H,7,8)/b;;2-1-. The topological polar surface area (TPSA) is 74.6 Å². The highest BCUT2D eigenvalue weighted by Gasteiger charge is 1.95. The minimum Gasteiger partial charge on any atom is -0.478 e. The van der Waals surface area contributed by atoms with Gasteiger partial charge in [-0.15, -0.1) is 0 Å². The van der Waals surface area contributed by atoms with E-state index in [4.69, 9.17) is 10.2 Å². The lowest BCUT2D eigenvalue weighted by Crippen LogP contribution is -1.91. The number of aliphatic carboxylic acids is 2. The van der Waals surface area contributed by atoms with Crippen molar-refractivity contribution in [2.24, 2.45) is 11.8 Å². The maximum absolute atomic E-state index is 9.55. The van der Waals surface area contributed by atoms with E-state index in [-0.39, 0.29) is 0 Å². The molecule has 0 heterocycles. The van der Waals surface area contributed by atoms with Crippen molar-refractivity contribution in [1.82, 2.24) is 0 Å². The van der Waals surface area contributed by atoms with E-state index in [1.165, 1.54) is 51.4 Å². The van der Waals surface area contributed by atoms with E-state index in [0.717, 1.165) is 11.8 Å². The number of carbonyl (C=O) groups is 2. The van der Waals surface area contributed by atoms with E-state index in [1.54, 1.807) is 0 Å². The van der Waals surface area contributed by atoms with Crippen LogP contribution in [0.4, 0.5) is 0 Å². The molecule has 0 aliphatic heterocycles. The average molecular weight is 345 g/mol. The summed E-state index contributed by atoms with van der Waals surface area (Å²) in [6.07, 6.45) is 12.2. The Balaban J connectivity index is -0.000000276. The average Bonchev–Trinajstić information content (AvgIpc) is 2.56. The fourth-order valence-corrected chi connectivity index (χ4v) is 1.66. The zero-order chi connectivity index (χ0) is 19.4. The van der Waals surface area contributed by atoms with Crippen molar-refractivity contribution >= 4 is 11.9 Å². The summed E-state index contributed by atoms with van der Waals surface area (Å²) in [4.78, 5) is 19.1. The van der Waals surface area contributed by atoms with Gasteiger partial charge in [-0.3, -0.25) is 0 Å². The van der Waals surface area contributed by atoms with Crippen molar-refractivity contribution in [2.75, 3.05) is 0 Å². The number of hydrogen-bond donors (Lipinski definition) is 2. The second-order valence-electron chi connectivity index (χ2n) is 6.32. The highest BCUT2D eigenvalue weighted by molar-refractivity contribution is 5.89. The van der Waals surface area contributed by atoms with E-state index >= 15 is 0 Å². The highest BCUT2D eigenvalue weighted by atomic mass is 16.4. The zero-order valence-electron chi connectivity index (χ0n) is 16.7. The van der Waals surface area contributed by atoms with Crippen LogP contribution in [0.15, 0.2) is 12.2 Å². The summed E-state index contributed by atoms with van der Waals surface area (Å²) in [6.45, 7) is 13.7. The third-order valence-electron chi connectivity index (χ3n) is 3.86. The SMILES string of the molecule is CCCCC(C)CC.CCCCC(C)CC.O=C(O)/C=C\C(=O)O. The first-order valence-corrected chi connectivity index (χ1v) is 9.38. The molecule has 0 aromatic carbocycles. The van der Waals surface area contributed by atoms with Crippen LogP contribution in [0.25, 0.3) is 0 Å². The third-order valence-corrected chi connectivity index (χ3v) is 3.86. The molecule has 4 heteroatoms. The summed E-state index contributed by atoms with van der Waals surface area (Å²) in [6, 6.07) is 0. The van der Waals surface area contributed by atoms with Gasteiger partial charge in [0.25, 0.3) is 0 Å². The van der Waals surface area contributed by atoms with E-state index in [9.17, 15) is 9.59 Å². The second kappa shape index (κ2) is 21.7. The summed E-state index contributed by atoms with van der Waals surface area (Å²) in [5.74, 6) is -0.607. The lowest BCUT2D eigenvalue weighted by atomic mass is 10.0. The number of hydrogen-bond acceptors (Lipinski definition) is 2. The molecule has 0 saturated carbocycles. The largest absolute Gasteiger partial charge is 0.478 e. The van der Waals surface area contributed by atoms with Crippen molar-refractivity contribution in [2.45, 2.75) is 92.9 Å². The molecule has 0 bridgehead atoms. The minimum atomic E-state index is -1.26. The van der Waals surface area contributed by atoms with Crippen LogP contribution in [0.1, 0.15) is 92.9 Å². The zero-order valence-corrected chi connectivity index (χ0v) is 16.7. The Hall–Kier alpha value is -1.32. The Morgan fingerprint density at radius 2 is 1.04 bits per heavy atom. The van der Waals surface area contributed by atoms with Gasteiger partial charge in [0.05, 0.1) is 0 Å². The lowest BCUT2D eigenvalue weighted by Gasteiger charge is -2.04. The summed E-state index contributed by atoms with van der Waals surface area (Å²) in [7, 11) is 0. The summed E-state index contributed by atoms with van der Waals surface area (Å²) < 4.78 is 0. The van der Waals surface area contributed by atoms with Gasteiger partial charge in [0, 0.05) is 12.2 Å². The Labute approximate surface area is 149 Å². The van der Waals surface area contributed by atoms with E-state index in [2.05, 4.69) is 41.5 Å². The molecule has 2 unspecified atom stereocenters. The van der Waals surface area contributed by atoms with Crippen LogP contribution in [0, 0.1) is 11.8 Å². The molecular weight excluding hydrogens is 304 g/mol. The van der Waals surface area contributed by atoms with Gasteiger partial charge in [0.15, 0.2) is 0 Å². The fraction of sp³-hybridized carbons (Fsp3) is 0.800. The van der Waals surface area contributed by atoms with Gasteiger partial charge in [0.1, 0.15) is 0 Å². The molecule has 0 saturated heterocycles. The summed E-state index contributed by atoms with van der Waals surface area (Å²) in [5.41, 5.74) is 0. The maximum atomic E-state index is 9.55. The summed E-state index contributed by atoms with van der Waals surface area (Å²) >= 11 is 0. The second-order valence-corrected chi connectivity index (χ2v) is 6.32. The molecule has 0 radical (unpaired) electrons. The molecule has 0 aromatic heterocycles. The van der Waals surface area contributed by atoms with Crippen molar-refractivity contribution in [1.29, 1.82) is 0 Å². The molecule has 144 valence electrons. The van der Waals surface area contributed by atoms with Gasteiger partial charge >= 0.3 is 11.9 Å². The van der Waals surface area contributed by atoms with Gasteiger partial charge in [-0.05, 0) is 11.8 Å². The van der Waals surface area contributed by atoms with Gasteiger partial charge < -0.3 is 10.2 Å². The Kier molecular flexibility index (Phi) is 24.9. The van der Waals surface area contributed by atoms with E-state index in [1.807, 2.05) is 0 Å². The molecule has 2 N–H and O–H groups in total. The Bertz CT molecular complexity index is 281. The molecule has 24 heavy (non-hydrogen) atoms. The normalized spacial score (nSPS) is 12.4. The third kappa shape index (κ3) is 32.6. The monoisotopic (exact) mass is 344 g/mol. The molecule has 0 spiro atoms. The first-order chi connectivity index (χ1) is 11.2. The molecule has 0 aromatic rings. The fourth-order valence-electron chi connectivity index (χ4n) is 1.66. The molecule has 0 rings (SSSR count). The number of carboxylic acid groups (broad SMARTS) is 2. The Morgan fingerprint density at radius 3 is 1.21 bits per heavy atom. The lowest BCUT2D eigenvalue weighted by molar-refractivity contribution is -0.134. The molecule has 4 nitrogen and oxygen atoms in total. The predicted molar refractivity (Wildman–Crippen MR) is 102 cm³/mol. The highest BCUT2D eigenvalue weighted by Crippen LogP contribution is 2.10. The van der Waals surface area contributed by atoms with E-state index < -0.39 is 11.9 Å². The molecule has 0 aliphatic rings. The number of unbranched alkanes of at least 4 members (excludes halogenated alkanes) is 2. The van der Waals surface area contributed by atoms with Crippen molar-refractivity contribution in [3.63, 3.8) is 0 Å². The maximum Gasteiger partial charge on any atom is 0.328 e. The van der Waals surface area contributed by atoms with Crippen LogP contribution in [-0.2, 0) is 9.59 Å². The van der Waals surface area contributed by atoms with Crippen molar-refractivity contribution < 1.29 is 19.8 Å². The molecule has 0 aliphatic carbocycles. The van der Waals surface area contributed by atoms with Gasteiger partial charge in [-0.1, -0.05) is 92.9 Å². The van der Waals surface area contributed by atoms with Crippen LogP contribution in [0.2, 0.25) is 0 Å². The summed E-state index contributed by atoms with van der Waals surface area (Å²) in [5, 5.41) is 15.6. The van der Waals surface area contributed by atoms with Gasteiger partial charge in [-0.25, -0.2) is 9.59 Å². The van der Waals surface area contributed by atoms with Gasteiger partial charge in [0.2, 0.25) is 0 Å².